The average Bonchev–Trinajstić information content (AvgIpc) is 2.93. The number of aromatic nitrogens is 3. The number of nitrogens with zero attached hydrogens (tertiary/aromatic N) is 4. The van der Waals surface area contributed by atoms with E-state index in [2.05, 4.69) is 10.2 Å². The van der Waals surface area contributed by atoms with Gasteiger partial charge in [0.1, 0.15) is 12.1 Å². The highest BCUT2D eigenvalue weighted by Crippen LogP contribution is 2.19. The van der Waals surface area contributed by atoms with Crippen LogP contribution < -0.4 is 4.74 Å². The number of hydrogen-bond acceptors (Lipinski definition) is 4. The van der Waals surface area contributed by atoms with Gasteiger partial charge in [0.25, 0.3) is 5.91 Å². The molecule has 110 valence electrons. The first-order chi connectivity index (χ1) is 10.1. The summed E-state index contributed by atoms with van der Waals surface area (Å²) in [6.45, 7) is 3.54. The average molecular weight is 307 g/mol. The molecule has 1 aromatic heterocycles. The van der Waals surface area contributed by atoms with Gasteiger partial charge < -0.3 is 14.2 Å². The predicted octanol–water partition coefficient (Wildman–Crippen LogP) is 1.74. The lowest BCUT2D eigenvalue weighted by Crippen LogP contribution is -2.44. The summed E-state index contributed by atoms with van der Waals surface area (Å²) >= 11 is 5.91. The molecule has 0 N–H and O–H groups in total. The molecule has 0 saturated heterocycles. The minimum Gasteiger partial charge on any atom is -0.481 e. The number of rotatable bonds is 3. The molecule has 0 bridgehead atoms. The molecule has 0 saturated carbocycles. The SMILES string of the molecule is CC(Oc1cccc(Cl)c1)C(=O)N1CCn2cnnc2C1. The highest BCUT2D eigenvalue weighted by molar-refractivity contribution is 6.30. The molecule has 0 aliphatic carbocycles. The van der Waals surface area contributed by atoms with Crippen molar-refractivity contribution >= 4 is 17.5 Å². The Kier molecular flexibility index (Phi) is 3.79. The lowest BCUT2D eigenvalue weighted by molar-refractivity contribution is -0.139. The van der Waals surface area contributed by atoms with Crippen LogP contribution in [0.2, 0.25) is 5.02 Å². The van der Waals surface area contributed by atoms with Crippen LogP contribution in [-0.2, 0) is 17.9 Å². The van der Waals surface area contributed by atoms with Crippen molar-refractivity contribution in [3.63, 3.8) is 0 Å². The first kappa shape index (κ1) is 13.9. The summed E-state index contributed by atoms with van der Waals surface area (Å²) in [5.74, 6) is 1.32. The molecule has 1 aromatic carbocycles. The van der Waals surface area contributed by atoms with Crippen molar-refractivity contribution in [2.24, 2.45) is 0 Å². The number of fused-ring (bicyclic) bond motifs is 1. The van der Waals surface area contributed by atoms with E-state index in [1.54, 1.807) is 42.4 Å². The van der Waals surface area contributed by atoms with Crippen molar-refractivity contribution in [2.75, 3.05) is 6.54 Å². The van der Waals surface area contributed by atoms with Crippen LogP contribution in [0.15, 0.2) is 30.6 Å². The van der Waals surface area contributed by atoms with Crippen LogP contribution >= 0.6 is 11.6 Å². The third kappa shape index (κ3) is 3.00. The predicted molar refractivity (Wildman–Crippen MR) is 77.0 cm³/mol. The molecule has 1 aliphatic rings. The standard InChI is InChI=1S/C14H15ClN4O2/c1-10(21-12-4-2-3-11(15)7-12)14(20)18-5-6-19-9-16-17-13(19)8-18/h2-4,7,9-10H,5-6,8H2,1H3. The van der Waals surface area contributed by atoms with Crippen molar-refractivity contribution in [1.82, 2.24) is 19.7 Å². The number of halogens is 1. The molecular formula is C14H15ClN4O2. The fourth-order valence-electron chi connectivity index (χ4n) is 2.31. The molecule has 1 aliphatic heterocycles. The Balaban J connectivity index is 1.65. The molecule has 7 heteroatoms. The molecule has 1 amide bonds. The summed E-state index contributed by atoms with van der Waals surface area (Å²) in [5, 5.41) is 8.44. The maximum Gasteiger partial charge on any atom is 0.263 e. The number of hydrogen-bond donors (Lipinski definition) is 0. The van der Waals surface area contributed by atoms with Gasteiger partial charge in [-0.15, -0.1) is 10.2 Å². The van der Waals surface area contributed by atoms with Gasteiger partial charge in [0.2, 0.25) is 0 Å². The smallest absolute Gasteiger partial charge is 0.263 e. The van der Waals surface area contributed by atoms with Gasteiger partial charge in [0.05, 0.1) is 6.54 Å². The summed E-state index contributed by atoms with van der Waals surface area (Å²) in [7, 11) is 0. The Labute approximate surface area is 127 Å². The van der Waals surface area contributed by atoms with Crippen LogP contribution in [0.1, 0.15) is 12.7 Å². The van der Waals surface area contributed by atoms with Crippen molar-refractivity contribution in [1.29, 1.82) is 0 Å². The number of benzene rings is 1. The van der Waals surface area contributed by atoms with E-state index in [4.69, 9.17) is 16.3 Å². The molecular weight excluding hydrogens is 292 g/mol. The van der Waals surface area contributed by atoms with E-state index in [-0.39, 0.29) is 5.91 Å². The second-order valence-electron chi connectivity index (χ2n) is 4.92. The number of carbonyl (C=O) groups excluding carboxylic acids is 1. The summed E-state index contributed by atoms with van der Waals surface area (Å²) in [6, 6.07) is 7.03. The molecule has 0 spiro atoms. The fourth-order valence-corrected chi connectivity index (χ4v) is 2.49. The largest absolute Gasteiger partial charge is 0.481 e. The third-order valence-corrected chi connectivity index (χ3v) is 3.64. The van der Waals surface area contributed by atoms with Crippen LogP contribution in [0.4, 0.5) is 0 Å². The van der Waals surface area contributed by atoms with Gasteiger partial charge in [-0.3, -0.25) is 4.79 Å². The van der Waals surface area contributed by atoms with Crippen molar-refractivity contribution < 1.29 is 9.53 Å². The van der Waals surface area contributed by atoms with E-state index in [9.17, 15) is 4.79 Å². The van der Waals surface area contributed by atoms with Crippen molar-refractivity contribution in [3.8, 4) is 5.75 Å². The Bertz CT molecular complexity index is 658. The minimum atomic E-state index is -0.571. The molecule has 6 nitrogen and oxygen atoms in total. The Morgan fingerprint density at radius 2 is 2.29 bits per heavy atom. The summed E-state index contributed by atoms with van der Waals surface area (Å²) < 4.78 is 7.61. The van der Waals surface area contributed by atoms with Crippen molar-refractivity contribution in [3.05, 3.63) is 41.4 Å². The third-order valence-electron chi connectivity index (χ3n) is 3.41. The van der Waals surface area contributed by atoms with Gasteiger partial charge in [0.15, 0.2) is 11.9 Å². The first-order valence-corrected chi connectivity index (χ1v) is 7.09. The Morgan fingerprint density at radius 3 is 3.10 bits per heavy atom. The monoisotopic (exact) mass is 306 g/mol. The van der Waals surface area contributed by atoms with Gasteiger partial charge in [-0.25, -0.2) is 0 Å². The molecule has 2 aromatic rings. The summed E-state index contributed by atoms with van der Waals surface area (Å²) in [5.41, 5.74) is 0. The molecule has 21 heavy (non-hydrogen) atoms. The number of carbonyl (C=O) groups is 1. The number of amides is 1. The van der Waals surface area contributed by atoms with Gasteiger partial charge in [-0.05, 0) is 25.1 Å². The maximum atomic E-state index is 12.4. The molecule has 3 rings (SSSR count). The highest BCUT2D eigenvalue weighted by Gasteiger charge is 2.26. The maximum absolute atomic E-state index is 12.4. The van der Waals surface area contributed by atoms with Gasteiger partial charge in [-0.1, -0.05) is 17.7 Å². The van der Waals surface area contributed by atoms with E-state index < -0.39 is 6.10 Å². The molecule has 1 unspecified atom stereocenters. The van der Waals surface area contributed by atoms with Crippen LogP contribution in [-0.4, -0.2) is 38.2 Å². The van der Waals surface area contributed by atoms with E-state index in [1.807, 2.05) is 4.57 Å². The summed E-state index contributed by atoms with van der Waals surface area (Å²) in [6.07, 6.45) is 1.11. The normalized spacial score (nSPS) is 15.4. The highest BCUT2D eigenvalue weighted by atomic mass is 35.5. The number of ether oxygens (including phenoxy) is 1. The zero-order chi connectivity index (χ0) is 14.8. The lowest BCUT2D eigenvalue weighted by atomic mass is 10.2. The Morgan fingerprint density at radius 1 is 1.43 bits per heavy atom. The van der Waals surface area contributed by atoms with Gasteiger partial charge in [-0.2, -0.15) is 0 Å². The quantitative estimate of drug-likeness (QED) is 0.866. The van der Waals surface area contributed by atoms with Crippen LogP contribution in [0.25, 0.3) is 0 Å². The van der Waals surface area contributed by atoms with E-state index in [0.29, 0.717) is 30.4 Å². The van der Waals surface area contributed by atoms with Crippen LogP contribution in [0, 0.1) is 0 Å². The van der Waals surface area contributed by atoms with Gasteiger partial charge >= 0.3 is 0 Å². The second kappa shape index (κ2) is 5.73. The first-order valence-electron chi connectivity index (χ1n) is 6.71. The van der Waals surface area contributed by atoms with Crippen LogP contribution in [0.5, 0.6) is 5.75 Å². The summed E-state index contributed by atoms with van der Waals surface area (Å²) in [4.78, 5) is 14.2. The van der Waals surface area contributed by atoms with E-state index in [0.717, 1.165) is 5.82 Å². The Hall–Kier alpha value is -2.08. The van der Waals surface area contributed by atoms with E-state index >= 15 is 0 Å². The zero-order valence-electron chi connectivity index (χ0n) is 11.6. The lowest BCUT2D eigenvalue weighted by Gasteiger charge is -2.29. The van der Waals surface area contributed by atoms with Crippen LogP contribution in [0.3, 0.4) is 0 Å². The molecule has 1 atom stereocenters. The molecule has 0 radical (unpaired) electrons. The van der Waals surface area contributed by atoms with E-state index in [1.165, 1.54) is 0 Å². The zero-order valence-corrected chi connectivity index (χ0v) is 12.3. The fraction of sp³-hybridized carbons (Fsp3) is 0.357. The second-order valence-corrected chi connectivity index (χ2v) is 5.35. The topological polar surface area (TPSA) is 60.2 Å². The molecule has 2 heterocycles. The minimum absolute atomic E-state index is 0.0655. The molecule has 0 fully saturated rings. The van der Waals surface area contributed by atoms with Gasteiger partial charge in [0, 0.05) is 18.1 Å². The van der Waals surface area contributed by atoms with Crippen molar-refractivity contribution in [2.45, 2.75) is 26.1 Å².